The Balaban J connectivity index is 3.29. The number of hydrogen-bond acceptors (Lipinski definition) is 2. The van der Waals surface area contributed by atoms with E-state index in [0.717, 1.165) is 25.7 Å². The van der Waals surface area contributed by atoms with Crippen molar-refractivity contribution in [3.8, 4) is 0 Å². The maximum atomic E-state index is 9.42. The van der Waals surface area contributed by atoms with Crippen LogP contribution in [0.3, 0.4) is 0 Å². The topological polar surface area (TPSA) is 29.5 Å². The lowest BCUT2D eigenvalue weighted by molar-refractivity contribution is 0.0828. The summed E-state index contributed by atoms with van der Waals surface area (Å²) in [6.45, 7) is 5.62. The molecule has 0 radical (unpaired) electrons. The number of allylic oxidation sites excluding steroid dienone is 1. The summed E-state index contributed by atoms with van der Waals surface area (Å²) < 4.78 is 5.07. The molecule has 0 aliphatic heterocycles. The number of rotatable bonds is 7. The summed E-state index contributed by atoms with van der Waals surface area (Å²) in [4.78, 5) is 0. The van der Waals surface area contributed by atoms with E-state index in [1.54, 1.807) is 7.11 Å². The first-order chi connectivity index (χ1) is 5.70. The number of aliphatic hydroxyl groups excluding tert-OH is 1. The molecular formula is C10H20O2. The molecule has 0 bridgehead atoms. The fraction of sp³-hybridized carbons (Fsp3) is 0.800. The summed E-state index contributed by atoms with van der Waals surface area (Å²) in [5.41, 5.74) is 0. The number of ether oxygens (including phenoxy) is 1. The van der Waals surface area contributed by atoms with Gasteiger partial charge in [-0.1, -0.05) is 6.08 Å². The van der Waals surface area contributed by atoms with Crippen molar-refractivity contribution in [1.29, 1.82) is 0 Å². The summed E-state index contributed by atoms with van der Waals surface area (Å²) >= 11 is 0. The molecule has 0 aromatic rings. The van der Waals surface area contributed by atoms with Crippen LogP contribution < -0.4 is 0 Å². The molecule has 0 rings (SSSR count). The highest BCUT2D eigenvalue weighted by Gasteiger charge is 2.05. The van der Waals surface area contributed by atoms with Crippen LogP contribution in [0.1, 0.15) is 32.6 Å². The van der Waals surface area contributed by atoms with Gasteiger partial charge in [-0.05, 0) is 32.6 Å². The van der Waals surface area contributed by atoms with Crippen LogP contribution in [-0.4, -0.2) is 24.4 Å². The molecule has 0 spiro atoms. The van der Waals surface area contributed by atoms with Crippen LogP contribution in [0.2, 0.25) is 0 Å². The molecule has 0 aliphatic carbocycles. The van der Waals surface area contributed by atoms with Gasteiger partial charge in [-0.3, -0.25) is 0 Å². The lowest BCUT2D eigenvalue weighted by Crippen LogP contribution is -2.12. The van der Waals surface area contributed by atoms with Crippen molar-refractivity contribution in [1.82, 2.24) is 0 Å². The zero-order valence-corrected chi connectivity index (χ0v) is 8.12. The zero-order valence-electron chi connectivity index (χ0n) is 8.12. The van der Waals surface area contributed by atoms with Gasteiger partial charge in [0.15, 0.2) is 0 Å². The quantitative estimate of drug-likeness (QED) is 0.596. The van der Waals surface area contributed by atoms with Crippen molar-refractivity contribution in [2.75, 3.05) is 7.11 Å². The third kappa shape index (κ3) is 6.38. The normalized spacial score (nSPS) is 15.6. The van der Waals surface area contributed by atoms with Crippen LogP contribution in [-0.2, 0) is 4.74 Å². The summed E-state index contributed by atoms with van der Waals surface area (Å²) in [6, 6.07) is 0. The number of aliphatic hydroxyl groups is 1. The molecule has 0 saturated heterocycles. The zero-order chi connectivity index (χ0) is 9.40. The Morgan fingerprint density at radius 1 is 1.42 bits per heavy atom. The Labute approximate surface area is 75.2 Å². The first-order valence-corrected chi connectivity index (χ1v) is 4.52. The van der Waals surface area contributed by atoms with Gasteiger partial charge in [0.2, 0.25) is 0 Å². The minimum absolute atomic E-state index is 0.194. The van der Waals surface area contributed by atoms with Crippen LogP contribution in [0.25, 0.3) is 0 Å². The maximum absolute atomic E-state index is 9.42. The van der Waals surface area contributed by atoms with E-state index in [0.29, 0.717) is 0 Å². The lowest BCUT2D eigenvalue weighted by Gasteiger charge is -2.12. The minimum Gasteiger partial charge on any atom is -0.393 e. The Kier molecular flexibility index (Phi) is 7.11. The molecule has 2 heteroatoms. The van der Waals surface area contributed by atoms with Crippen molar-refractivity contribution in [2.45, 2.75) is 44.8 Å². The molecule has 0 saturated carbocycles. The van der Waals surface area contributed by atoms with E-state index in [2.05, 4.69) is 6.58 Å². The second-order valence-electron chi connectivity index (χ2n) is 3.14. The molecule has 0 aromatic carbocycles. The Hall–Kier alpha value is -0.340. The third-order valence-electron chi connectivity index (χ3n) is 2.01. The maximum Gasteiger partial charge on any atom is 0.0544 e. The van der Waals surface area contributed by atoms with E-state index in [1.807, 2.05) is 13.0 Å². The molecule has 0 amide bonds. The van der Waals surface area contributed by atoms with E-state index in [9.17, 15) is 5.11 Å². The van der Waals surface area contributed by atoms with E-state index < -0.39 is 0 Å². The van der Waals surface area contributed by atoms with Crippen LogP contribution in [0.4, 0.5) is 0 Å². The molecular weight excluding hydrogens is 152 g/mol. The minimum atomic E-state index is -0.194. The monoisotopic (exact) mass is 172 g/mol. The Morgan fingerprint density at radius 2 is 2.08 bits per heavy atom. The third-order valence-corrected chi connectivity index (χ3v) is 2.01. The molecule has 0 fully saturated rings. The summed E-state index contributed by atoms with van der Waals surface area (Å²) in [5.74, 6) is 0. The average Bonchev–Trinajstić information content (AvgIpc) is 2.10. The molecule has 2 nitrogen and oxygen atoms in total. The van der Waals surface area contributed by atoms with Gasteiger partial charge in [0.05, 0.1) is 12.2 Å². The molecule has 0 aliphatic rings. The van der Waals surface area contributed by atoms with Crippen LogP contribution >= 0.6 is 0 Å². The predicted octanol–water partition coefficient (Wildman–Crippen LogP) is 2.13. The molecule has 12 heavy (non-hydrogen) atoms. The Morgan fingerprint density at radius 3 is 2.58 bits per heavy atom. The Bertz CT molecular complexity index is 112. The summed E-state index contributed by atoms with van der Waals surface area (Å²) in [6.07, 6.45) is 5.35. The fourth-order valence-corrected chi connectivity index (χ4v) is 1.000. The van der Waals surface area contributed by atoms with Gasteiger partial charge >= 0.3 is 0 Å². The van der Waals surface area contributed by atoms with Gasteiger partial charge in [0.1, 0.15) is 0 Å². The fourth-order valence-electron chi connectivity index (χ4n) is 1.000. The lowest BCUT2D eigenvalue weighted by atomic mass is 10.1. The van der Waals surface area contributed by atoms with E-state index >= 15 is 0 Å². The summed E-state index contributed by atoms with van der Waals surface area (Å²) in [5, 5.41) is 9.42. The van der Waals surface area contributed by atoms with E-state index in [4.69, 9.17) is 4.74 Å². The highest BCUT2D eigenvalue weighted by atomic mass is 16.5. The molecule has 0 aromatic heterocycles. The summed E-state index contributed by atoms with van der Waals surface area (Å²) in [7, 11) is 1.70. The smallest absolute Gasteiger partial charge is 0.0544 e. The highest BCUT2D eigenvalue weighted by Crippen LogP contribution is 2.08. The van der Waals surface area contributed by atoms with Gasteiger partial charge in [-0.15, -0.1) is 6.58 Å². The van der Waals surface area contributed by atoms with Crippen molar-refractivity contribution >= 4 is 0 Å². The molecule has 72 valence electrons. The first kappa shape index (κ1) is 11.7. The van der Waals surface area contributed by atoms with Crippen LogP contribution in [0.5, 0.6) is 0 Å². The van der Waals surface area contributed by atoms with Crippen molar-refractivity contribution < 1.29 is 9.84 Å². The van der Waals surface area contributed by atoms with Gasteiger partial charge in [0, 0.05) is 7.11 Å². The second-order valence-corrected chi connectivity index (χ2v) is 3.14. The molecule has 0 heterocycles. The highest BCUT2D eigenvalue weighted by molar-refractivity contribution is 4.69. The van der Waals surface area contributed by atoms with Gasteiger partial charge in [-0.2, -0.15) is 0 Å². The van der Waals surface area contributed by atoms with E-state index in [-0.39, 0.29) is 12.2 Å². The SMILES string of the molecule is C=CCCC(O)CCC(C)OC. The average molecular weight is 172 g/mol. The van der Waals surface area contributed by atoms with Crippen molar-refractivity contribution in [2.24, 2.45) is 0 Å². The van der Waals surface area contributed by atoms with Crippen molar-refractivity contribution in [3.05, 3.63) is 12.7 Å². The predicted molar refractivity (Wildman–Crippen MR) is 51.1 cm³/mol. The largest absolute Gasteiger partial charge is 0.393 e. The molecule has 2 unspecified atom stereocenters. The number of hydrogen-bond donors (Lipinski definition) is 1. The van der Waals surface area contributed by atoms with E-state index in [1.165, 1.54) is 0 Å². The van der Waals surface area contributed by atoms with Crippen LogP contribution in [0, 0.1) is 0 Å². The van der Waals surface area contributed by atoms with Crippen molar-refractivity contribution in [3.63, 3.8) is 0 Å². The van der Waals surface area contributed by atoms with Gasteiger partial charge in [0.25, 0.3) is 0 Å². The van der Waals surface area contributed by atoms with Gasteiger partial charge < -0.3 is 9.84 Å². The second kappa shape index (κ2) is 7.32. The molecule has 2 atom stereocenters. The molecule has 1 N–H and O–H groups in total. The van der Waals surface area contributed by atoms with Gasteiger partial charge in [-0.25, -0.2) is 0 Å². The number of methoxy groups -OCH3 is 1. The first-order valence-electron chi connectivity index (χ1n) is 4.52. The van der Waals surface area contributed by atoms with Crippen LogP contribution in [0.15, 0.2) is 12.7 Å². The standard InChI is InChI=1S/C10H20O2/c1-4-5-6-10(11)8-7-9(2)12-3/h4,9-11H,1,5-8H2,2-3H3.